The molecule has 1 rings (SSSR count). The standard InChI is InChI=1S/C9H13NOS/c1-12-9(7-10)6-8-2-4-11-5-3-8/h6,8H,2-5H2,1H3. The van der Waals surface area contributed by atoms with Crippen LogP contribution in [0, 0.1) is 17.2 Å². The van der Waals surface area contributed by atoms with Gasteiger partial charge in [0, 0.05) is 13.2 Å². The van der Waals surface area contributed by atoms with Gasteiger partial charge in [0.2, 0.25) is 0 Å². The van der Waals surface area contributed by atoms with Crippen molar-refractivity contribution in [3.05, 3.63) is 11.0 Å². The summed E-state index contributed by atoms with van der Waals surface area (Å²) in [5.74, 6) is 0.556. The van der Waals surface area contributed by atoms with E-state index in [1.807, 2.05) is 6.26 Å². The summed E-state index contributed by atoms with van der Waals surface area (Å²) in [6.45, 7) is 1.68. The molecule has 1 fully saturated rings. The summed E-state index contributed by atoms with van der Waals surface area (Å²) >= 11 is 1.52. The third kappa shape index (κ3) is 2.88. The van der Waals surface area contributed by atoms with Gasteiger partial charge in [0.05, 0.1) is 4.91 Å². The fraction of sp³-hybridized carbons (Fsp3) is 0.667. The predicted molar refractivity (Wildman–Crippen MR) is 50.8 cm³/mol. The molecule has 0 aromatic rings. The summed E-state index contributed by atoms with van der Waals surface area (Å²) in [6, 6.07) is 2.18. The van der Waals surface area contributed by atoms with Gasteiger partial charge in [0.15, 0.2) is 0 Å². The summed E-state index contributed by atoms with van der Waals surface area (Å²) < 4.78 is 5.23. The minimum absolute atomic E-state index is 0.556. The van der Waals surface area contributed by atoms with Gasteiger partial charge in [-0.1, -0.05) is 6.08 Å². The first-order chi connectivity index (χ1) is 5.86. The zero-order valence-corrected chi connectivity index (χ0v) is 8.06. The highest BCUT2D eigenvalue weighted by atomic mass is 32.2. The quantitative estimate of drug-likeness (QED) is 0.615. The van der Waals surface area contributed by atoms with Gasteiger partial charge in [-0.25, -0.2) is 0 Å². The highest BCUT2D eigenvalue weighted by Gasteiger charge is 2.11. The maximum Gasteiger partial charge on any atom is 0.106 e. The van der Waals surface area contributed by atoms with Gasteiger partial charge in [-0.3, -0.25) is 0 Å². The van der Waals surface area contributed by atoms with Crippen LogP contribution >= 0.6 is 11.8 Å². The summed E-state index contributed by atoms with van der Waals surface area (Å²) in [5.41, 5.74) is 0. The van der Waals surface area contributed by atoms with Gasteiger partial charge in [0.1, 0.15) is 6.07 Å². The van der Waals surface area contributed by atoms with Crippen LogP contribution in [0.5, 0.6) is 0 Å². The lowest BCUT2D eigenvalue weighted by Crippen LogP contribution is -2.13. The van der Waals surface area contributed by atoms with Crippen molar-refractivity contribution >= 4 is 11.8 Å². The minimum Gasteiger partial charge on any atom is -0.381 e. The molecule has 0 unspecified atom stereocenters. The Morgan fingerprint density at radius 3 is 2.75 bits per heavy atom. The Labute approximate surface area is 77.6 Å². The molecule has 1 saturated heterocycles. The maximum atomic E-state index is 8.69. The normalized spacial score (nSPS) is 20.5. The van der Waals surface area contributed by atoms with Crippen LogP contribution in [0.1, 0.15) is 12.8 Å². The van der Waals surface area contributed by atoms with E-state index < -0.39 is 0 Å². The Balaban J connectivity index is 2.46. The molecule has 0 atom stereocenters. The highest BCUT2D eigenvalue weighted by molar-refractivity contribution is 8.02. The van der Waals surface area contributed by atoms with Gasteiger partial charge < -0.3 is 4.74 Å². The average Bonchev–Trinajstić information content (AvgIpc) is 2.16. The molecule has 0 aromatic carbocycles. The van der Waals surface area contributed by atoms with Crippen LogP contribution in [-0.2, 0) is 4.74 Å². The second-order valence-electron chi connectivity index (χ2n) is 2.80. The zero-order valence-electron chi connectivity index (χ0n) is 7.25. The van der Waals surface area contributed by atoms with Gasteiger partial charge in [-0.15, -0.1) is 11.8 Å². The smallest absolute Gasteiger partial charge is 0.106 e. The van der Waals surface area contributed by atoms with Crippen molar-refractivity contribution in [3.8, 4) is 6.07 Å². The fourth-order valence-electron chi connectivity index (χ4n) is 1.25. The lowest BCUT2D eigenvalue weighted by Gasteiger charge is -2.18. The molecule has 0 saturated carbocycles. The van der Waals surface area contributed by atoms with Crippen molar-refractivity contribution in [3.63, 3.8) is 0 Å². The van der Waals surface area contributed by atoms with E-state index in [0.29, 0.717) is 5.92 Å². The molecular formula is C9H13NOS. The Bertz CT molecular complexity index is 201. The van der Waals surface area contributed by atoms with Crippen LogP contribution in [0.3, 0.4) is 0 Å². The van der Waals surface area contributed by atoms with Crippen molar-refractivity contribution in [2.45, 2.75) is 12.8 Å². The molecule has 1 aliphatic rings. The molecule has 0 spiro atoms. The van der Waals surface area contributed by atoms with E-state index in [4.69, 9.17) is 10.00 Å². The number of rotatable bonds is 2. The zero-order chi connectivity index (χ0) is 8.81. The average molecular weight is 183 g/mol. The van der Waals surface area contributed by atoms with Crippen LogP contribution < -0.4 is 0 Å². The van der Waals surface area contributed by atoms with Gasteiger partial charge >= 0.3 is 0 Å². The number of thioether (sulfide) groups is 1. The van der Waals surface area contributed by atoms with Crippen molar-refractivity contribution in [1.82, 2.24) is 0 Å². The van der Waals surface area contributed by atoms with Gasteiger partial charge in [0.25, 0.3) is 0 Å². The number of ether oxygens (including phenoxy) is 1. The number of nitrogens with zero attached hydrogens (tertiary/aromatic N) is 1. The molecular weight excluding hydrogens is 170 g/mol. The second kappa shape index (κ2) is 5.23. The number of hydrogen-bond donors (Lipinski definition) is 0. The Morgan fingerprint density at radius 2 is 2.25 bits per heavy atom. The molecule has 1 aliphatic heterocycles. The molecule has 3 heteroatoms. The third-order valence-corrected chi connectivity index (χ3v) is 2.65. The molecule has 66 valence electrons. The molecule has 0 N–H and O–H groups in total. The van der Waals surface area contributed by atoms with E-state index in [2.05, 4.69) is 12.1 Å². The van der Waals surface area contributed by atoms with E-state index in [-0.39, 0.29) is 0 Å². The SMILES string of the molecule is CSC(C#N)=CC1CCOCC1. The molecule has 12 heavy (non-hydrogen) atoms. The van der Waals surface area contributed by atoms with Gasteiger partial charge in [-0.2, -0.15) is 5.26 Å². The van der Waals surface area contributed by atoms with E-state index >= 15 is 0 Å². The van der Waals surface area contributed by atoms with Crippen LogP contribution in [0.25, 0.3) is 0 Å². The Kier molecular flexibility index (Phi) is 4.20. The van der Waals surface area contributed by atoms with Crippen LogP contribution in [-0.4, -0.2) is 19.5 Å². The fourth-order valence-corrected chi connectivity index (χ4v) is 1.67. The maximum absolute atomic E-state index is 8.69. The summed E-state index contributed by atoms with van der Waals surface area (Å²) in [6.07, 6.45) is 6.14. The lowest BCUT2D eigenvalue weighted by atomic mass is 10.0. The molecule has 0 bridgehead atoms. The highest BCUT2D eigenvalue weighted by Crippen LogP contribution is 2.21. The van der Waals surface area contributed by atoms with Crippen molar-refractivity contribution in [1.29, 1.82) is 5.26 Å². The number of nitriles is 1. The van der Waals surface area contributed by atoms with Crippen molar-refractivity contribution < 1.29 is 4.74 Å². The van der Waals surface area contributed by atoms with Gasteiger partial charge in [-0.05, 0) is 25.0 Å². The van der Waals surface area contributed by atoms with Crippen LogP contribution in [0.2, 0.25) is 0 Å². The Morgan fingerprint density at radius 1 is 1.58 bits per heavy atom. The van der Waals surface area contributed by atoms with Crippen LogP contribution in [0.4, 0.5) is 0 Å². The van der Waals surface area contributed by atoms with Crippen LogP contribution in [0.15, 0.2) is 11.0 Å². The number of allylic oxidation sites excluding steroid dienone is 2. The first-order valence-corrected chi connectivity index (χ1v) is 5.33. The van der Waals surface area contributed by atoms with Crippen molar-refractivity contribution in [2.75, 3.05) is 19.5 Å². The lowest BCUT2D eigenvalue weighted by molar-refractivity contribution is 0.0785. The molecule has 1 heterocycles. The third-order valence-electron chi connectivity index (χ3n) is 1.98. The van der Waals surface area contributed by atoms with E-state index in [1.54, 1.807) is 0 Å². The summed E-state index contributed by atoms with van der Waals surface area (Å²) in [5, 5.41) is 8.69. The monoisotopic (exact) mass is 183 g/mol. The second-order valence-corrected chi connectivity index (χ2v) is 3.64. The first kappa shape index (κ1) is 9.63. The van der Waals surface area contributed by atoms with E-state index in [9.17, 15) is 0 Å². The summed E-state index contributed by atoms with van der Waals surface area (Å²) in [4.78, 5) is 0.835. The minimum atomic E-state index is 0.556. The molecule has 2 nitrogen and oxygen atoms in total. The molecule has 0 aliphatic carbocycles. The largest absolute Gasteiger partial charge is 0.381 e. The van der Waals surface area contributed by atoms with Crippen molar-refractivity contribution in [2.24, 2.45) is 5.92 Å². The molecule has 0 amide bonds. The number of hydrogen-bond acceptors (Lipinski definition) is 3. The van der Waals surface area contributed by atoms with E-state index in [1.165, 1.54) is 11.8 Å². The molecule has 0 radical (unpaired) electrons. The van der Waals surface area contributed by atoms with E-state index in [0.717, 1.165) is 31.0 Å². The Hall–Kier alpha value is -0.460. The topological polar surface area (TPSA) is 33.0 Å². The predicted octanol–water partition coefficient (Wildman–Crippen LogP) is 2.18. The molecule has 0 aromatic heterocycles. The first-order valence-electron chi connectivity index (χ1n) is 4.10. The summed E-state index contributed by atoms with van der Waals surface area (Å²) in [7, 11) is 0.